The first-order chi connectivity index (χ1) is 13.6. The van der Waals surface area contributed by atoms with Crippen LogP contribution in [0.3, 0.4) is 0 Å². The average Bonchev–Trinajstić information content (AvgIpc) is 3.26. The summed E-state index contributed by atoms with van der Waals surface area (Å²) in [7, 11) is 0. The van der Waals surface area contributed by atoms with Crippen LogP contribution in [0.2, 0.25) is 0 Å². The Morgan fingerprint density at radius 1 is 1.32 bits per heavy atom. The van der Waals surface area contributed by atoms with Crippen LogP contribution in [0.15, 0.2) is 34.2 Å². The number of hydrogen-bond donors (Lipinski definition) is 0. The zero-order chi connectivity index (χ0) is 19.7. The fraction of sp³-hybridized carbons (Fsp3) is 0.409. The van der Waals surface area contributed by atoms with E-state index in [2.05, 4.69) is 44.2 Å². The normalized spacial score (nSPS) is 14.2. The highest BCUT2D eigenvalue weighted by Crippen LogP contribution is 2.36. The molecule has 0 fully saturated rings. The Bertz CT molecular complexity index is 1110. The largest absolute Gasteiger partial charge is 0.287 e. The van der Waals surface area contributed by atoms with E-state index in [-0.39, 0.29) is 10.8 Å². The molecule has 2 heterocycles. The molecule has 1 atom stereocenters. The van der Waals surface area contributed by atoms with Gasteiger partial charge >= 0.3 is 0 Å². The molecule has 0 saturated carbocycles. The van der Waals surface area contributed by atoms with Gasteiger partial charge in [0, 0.05) is 11.4 Å². The Balaban J connectivity index is 1.70. The third kappa shape index (κ3) is 3.61. The van der Waals surface area contributed by atoms with Gasteiger partial charge in [-0.05, 0) is 50.2 Å². The molecule has 1 aliphatic carbocycles. The fourth-order valence-corrected chi connectivity index (χ4v) is 6.09. The zero-order valence-electron chi connectivity index (χ0n) is 16.2. The first-order valence-electron chi connectivity index (χ1n) is 9.77. The molecule has 0 radical (unpaired) electrons. The quantitative estimate of drug-likeness (QED) is 0.429. The van der Waals surface area contributed by atoms with Crippen molar-refractivity contribution in [2.45, 2.75) is 62.9 Å². The lowest BCUT2D eigenvalue weighted by atomic mass is 10.1. The molecule has 6 heteroatoms. The van der Waals surface area contributed by atoms with Gasteiger partial charge in [-0.2, -0.15) is 5.26 Å². The van der Waals surface area contributed by atoms with Crippen molar-refractivity contribution in [3.63, 3.8) is 0 Å². The smallest absolute Gasteiger partial charge is 0.263 e. The molecular formula is C22H23N3OS2. The van der Waals surface area contributed by atoms with E-state index in [0.717, 1.165) is 41.5 Å². The summed E-state index contributed by atoms with van der Waals surface area (Å²) >= 11 is 3.08. The van der Waals surface area contributed by atoms with E-state index in [9.17, 15) is 10.1 Å². The van der Waals surface area contributed by atoms with E-state index in [1.54, 1.807) is 15.9 Å². The summed E-state index contributed by atoms with van der Waals surface area (Å²) in [6, 6.07) is 10.7. The minimum atomic E-state index is -0.276. The summed E-state index contributed by atoms with van der Waals surface area (Å²) in [5.74, 6) is 0. The second-order valence-electron chi connectivity index (χ2n) is 7.31. The second kappa shape index (κ2) is 8.10. The number of aromatic nitrogens is 2. The third-order valence-electron chi connectivity index (χ3n) is 5.17. The molecule has 1 aliphatic rings. The summed E-state index contributed by atoms with van der Waals surface area (Å²) in [6.45, 7) is 4.76. The Morgan fingerprint density at radius 3 is 2.82 bits per heavy atom. The van der Waals surface area contributed by atoms with E-state index in [4.69, 9.17) is 4.98 Å². The van der Waals surface area contributed by atoms with Crippen LogP contribution >= 0.6 is 23.1 Å². The molecule has 0 bridgehead atoms. The van der Waals surface area contributed by atoms with Gasteiger partial charge in [-0.15, -0.1) is 11.3 Å². The van der Waals surface area contributed by atoms with Gasteiger partial charge in [0.2, 0.25) is 0 Å². The van der Waals surface area contributed by atoms with Crippen molar-refractivity contribution >= 4 is 33.3 Å². The van der Waals surface area contributed by atoms with Crippen molar-refractivity contribution < 1.29 is 0 Å². The van der Waals surface area contributed by atoms with E-state index >= 15 is 0 Å². The maximum Gasteiger partial charge on any atom is 0.263 e. The lowest BCUT2D eigenvalue weighted by molar-refractivity contribution is 0.584. The zero-order valence-corrected chi connectivity index (χ0v) is 17.8. The molecule has 0 aliphatic heterocycles. The highest BCUT2D eigenvalue weighted by molar-refractivity contribution is 8.00. The topological polar surface area (TPSA) is 58.7 Å². The van der Waals surface area contributed by atoms with E-state index in [1.165, 1.54) is 27.8 Å². The summed E-state index contributed by atoms with van der Waals surface area (Å²) in [5.41, 5.74) is 3.63. The Morgan fingerprint density at radius 2 is 2.11 bits per heavy atom. The van der Waals surface area contributed by atoms with Gasteiger partial charge < -0.3 is 0 Å². The molecule has 0 amide bonds. The van der Waals surface area contributed by atoms with Crippen LogP contribution in [-0.4, -0.2) is 14.8 Å². The van der Waals surface area contributed by atoms with Gasteiger partial charge in [-0.1, -0.05) is 48.5 Å². The molecule has 0 spiro atoms. The van der Waals surface area contributed by atoms with Crippen LogP contribution in [0, 0.1) is 18.3 Å². The second-order valence-corrected chi connectivity index (χ2v) is 9.57. The Hall–Kier alpha value is -2.10. The summed E-state index contributed by atoms with van der Waals surface area (Å²) in [4.78, 5) is 20.3. The van der Waals surface area contributed by atoms with Crippen LogP contribution in [-0.2, 0) is 25.8 Å². The van der Waals surface area contributed by atoms with E-state index < -0.39 is 0 Å². The van der Waals surface area contributed by atoms with Crippen LogP contribution in [0.25, 0.3) is 10.2 Å². The number of nitrogens with zero attached hydrogens (tertiary/aromatic N) is 3. The average molecular weight is 410 g/mol. The first kappa shape index (κ1) is 19.2. The maximum absolute atomic E-state index is 13.3. The molecule has 1 aromatic carbocycles. The molecule has 0 N–H and O–H groups in total. The number of thiophene rings is 1. The van der Waals surface area contributed by atoms with E-state index in [1.807, 2.05) is 0 Å². The van der Waals surface area contributed by atoms with Gasteiger partial charge in [-0.3, -0.25) is 9.36 Å². The van der Waals surface area contributed by atoms with Crippen molar-refractivity contribution in [2.75, 3.05) is 0 Å². The molecular weight excluding hydrogens is 386 g/mol. The lowest BCUT2D eigenvalue weighted by Gasteiger charge is -2.14. The predicted molar refractivity (Wildman–Crippen MR) is 116 cm³/mol. The summed E-state index contributed by atoms with van der Waals surface area (Å²) in [6.07, 6.45) is 4.68. The van der Waals surface area contributed by atoms with Crippen molar-refractivity contribution in [3.8, 4) is 6.07 Å². The molecule has 0 saturated heterocycles. The maximum atomic E-state index is 13.3. The van der Waals surface area contributed by atoms with Crippen molar-refractivity contribution in [1.82, 2.24) is 9.55 Å². The summed E-state index contributed by atoms with van der Waals surface area (Å²) < 4.78 is 1.79. The van der Waals surface area contributed by atoms with Crippen LogP contribution in [0.4, 0.5) is 0 Å². The highest BCUT2D eigenvalue weighted by Gasteiger charge is 2.24. The molecule has 0 unspecified atom stereocenters. The Kier molecular flexibility index (Phi) is 5.56. The number of nitriles is 1. The van der Waals surface area contributed by atoms with Gasteiger partial charge in [0.15, 0.2) is 5.16 Å². The molecule has 4 rings (SSSR count). The van der Waals surface area contributed by atoms with Gasteiger partial charge in [0.25, 0.3) is 5.56 Å². The van der Waals surface area contributed by atoms with Crippen LogP contribution in [0.5, 0.6) is 0 Å². The van der Waals surface area contributed by atoms with Crippen LogP contribution < -0.4 is 5.56 Å². The fourth-order valence-electron chi connectivity index (χ4n) is 3.75. The van der Waals surface area contributed by atoms with Crippen molar-refractivity contribution in [2.24, 2.45) is 0 Å². The van der Waals surface area contributed by atoms with E-state index in [0.29, 0.717) is 18.1 Å². The monoisotopic (exact) mass is 409 g/mol. The Labute approximate surface area is 173 Å². The van der Waals surface area contributed by atoms with Crippen LogP contribution in [0.1, 0.15) is 41.3 Å². The number of thioether (sulfide) groups is 1. The minimum absolute atomic E-state index is 0.0702. The van der Waals surface area contributed by atoms with Gasteiger partial charge in [0.1, 0.15) is 10.1 Å². The predicted octanol–water partition coefficient (Wildman–Crippen LogP) is 4.89. The first-order valence-corrected chi connectivity index (χ1v) is 11.5. The summed E-state index contributed by atoms with van der Waals surface area (Å²) in [5, 5.41) is 10.9. The molecule has 4 nitrogen and oxygen atoms in total. The molecule has 2 aromatic heterocycles. The number of aryl methyl sites for hydroxylation is 3. The molecule has 3 aromatic rings. The standard InChI is InChI=1S/C22H23N3OS2/c1-3-11-25-21(26)19-17-5-4-6-18(17)28-20(19)24-22(25)27-16(13-23)12-15-9-7-14(2)8-10-15/h7-10,16H,3-6,11-12H2,1-2H3/t16-/m1/s1. The highest BCUT2D eigenvalue weighted by atomic mass is 32.2. The third-order valence-corrected chi connectivity index (χ3v) is 7.44. The van der Waals surface area contributed by atoms with Gasteiger partial charge in [0.05, 0.1) is 11.5 Å². The minimum Gasteiger partial charge on any atom is -0.287 e. The lowest BCUT2D eigenvalue weighted by Crippen LogP contribution is -2.24. The molecule has 144 valence electrons. The van der Waals surface area contributed by atoms with Crippen molar-refractivity contribution in [3.05, 3.63) is 56.2 Å². The molecule has 28 heavy (non-hydrogen) atoms. The number of fused-ring (bicyclic) bond motifs is 3. The SMILES string of the molecule is CCCn1c(S[C@@H](C#N)Cc2ccc(C)cc2)nc2sc3c(c2c1=O)CCC3. The van der Waals surface area contributed by atoms with Crippen molar-refractivity contribution in [1.29, 1.82) is 5.26 Å². The van der Waals surface area contributed by atoms with Gasteiger partial charge in [-0.25, -0.2) is 4.98 Å². The number of hydrogen-bond acceptors (Lipinski definition) is 5. The number of benzene rings is 1. The number of rotatable bonds is 6.